The third kappa shape index (κ3) is 8.19. The number of anilines is 1. The van der Waals surface area contributed by atoms with Crippen LogP contribution in [0.4, 0.5) is 5.95 Å². The third-order valence-electron chi connectivity index (χ3n) is 3.63. The summed E-state index contributed by atoms with van der Waals surface area (Å²) < 4.78 is 16.9. The molecule has 162 valence electrons. The summed E-state index contributed by atoms with van der Waals surface area (Å²) in [5.74, 6) is -0.796. The first-order valence-electron chi connectivity index (χ1n) is 9.27. The summed E-state index contributed by atoms with van der Waals surface area (Å²) in [6.07, 6.45) is 4.43. The van der Waals surface area contributed by atoms with Crippen molar-refractivity contribution in [3.8, 4) is 17.2 Å². The number of hydrogen-bond acceptors (Lipinski definition) is 9. The molecule has 0 fully saturated rings. The van der Waals surface area contributed by atoms with Gasteiger partial charge < -0.3 is 35.1 Å². The first-order valence-corrected chi connectivity index (χ1v) is 9.27. The van der Waals surface area contributed by atoms with Crippen molar-refractivity contribution in [2.24, 2.45) is 0 Å². The van der Waals surface area contributed by atoms with E-state index in [4.69, 9.17) is 34.0 Å². The van der Waals surface area contributed by atoms with Crippen LogP contribution in [0.25, 0.3) is 0 Å². The Bertz CT molecular complexity index is 793. The van der Waals surface area contributed by atoms with Gasteiger partial charge in [0.2, 0.25) is 11.7 Å². The minimum atomic E-state index is -1.82. The summed E-state index contributed by atoms with van der Waals surface area (Å²) in [7, 11) is 0. The van der Waals surface area contributed by atoms with Gasteiger partial charge in [-0.15, -0.1) is 0 Å². The summed E-state index contributed by atoms with van der Waals surface area (Å²) in [6.45, 7) is 4.22. The topological polar surface area (TPSA) is 152 Å². The lowest BCUT2D eigenvalue weighted by molar-refractivity contribution is -0.159. The fraction of sp³-hybridized carbons (Fsp3) is 0.368. The number of hydrogen-bond donors (Lipinski definition) is 4. The molecule has 11 nitrogen and oxygen atoms in total. The Labute approximate surface area is 173 Å². The maximum Gasteiger partial charge on any atom is 0.414 e. The van der Waals surface area contributed by atoms with Gasteiger partial charge in [-0.25, -0.2) is 19.6 Å². The number of benzene rings is 1. The zero-order valence-corrected chi connectivity index (χ0v) is 16.2. The number of para-hydroxylation sites is 1. The number of carboxylic acids is 2. The molecule has 0 bridgehead atoms. The number of aromatic nitrogens is 2. The van der Waals surface area contributed by atoms with Gasteiger partial charge in [-0.05, 0) is 31.2 Å². The molecular formula is C19H24N4O7. The van der Waals surface area contributed by atoms with Gasteiger partial charge in [-0.1, -0.05) is 6.07 Å². The normalized spacial score (nSPS) is 11.6. The minimum Gasteiger partial charge on any atom is -0.488 e. The monoisotopic (exact) mass is 420 g/mol. The molecule has 1 aromatic carbocycles. The molecule has 11 heteroatoms. The Kier molecular flexibility index (Phi) is 9.66. The molecule has 0 atom stereocenters. The number of carboxylic acid groups (broad SMARTS) is 2. The van der Waals surface area contributed by atoms with Gasteiger partial charge in [0.1, 0.15) is 19.8 Å². The largest absolute Gasteiger partial charge is 0.488 e. The first-order chi connectivity index (χ1) is 14.6. The Balaban J connectivity index is 0.000000469. The van der Waals surface area contributed by atoms with E-state index in [-0.39, 0.29) is 0 Å². The molecule has 2 heterocycles. The van der Waals surface area contributed by atoms with E-state index >= 15 is 0 Å². The van der Waals surface area contributed by atoms with Gasteiger partial charge in [0.05, 0.1) is 0 Å². The first kappa shape index (κ1) is 22.7. The van der Waals surface area contributed by atoms with Gasteiger partial charge in [0.25, 0.3) is 0 Å². The van der Waals surface area contributed by atoms with Crippen molar-refractivity contribution in [1.29, 1.82) is 0 Å². The molecule has 0 aliphatic carbocycles. The molecule has 2 aromatic rings. The lowest BCUT2D eigenvalue weighted by atomic mass is 10.3. The predicted molar refractivity (Wildman–Crippen MR) is 106 cm³/mol. The highest BCUT2D eigenvalue weighted by molar-refractivity contribution is 6.27. The zero-order chi connectivity index (χ0) is 21.6. The van der Waals surface area contributed by atoms with E-state index in [0.29, 0.717) is 31.5 Å². The average molecular weight is 420 g/mol. The number of fused-ring (bicyclic) bond motifs is 1. The van der Waals surface area contributed by atoms with Crippen LogP contribution in [0.2, 0.25) is 0 Å². The second kappa shape index (κ2) is 12.8. The quantitative estimate of drug-likeness (QED) is 0.338. The van der Waals surface area contributed by atoms with Crippen LogP contribution < -0.4 is 24.8 Å². The standard InChI is InChI=1S/C17H22N4O3.C2H2O4/c1-4-14(16-15(5-1)23-12-13-24-16)22-11-10-18-6-2-7-19-17-20-8-3-9-21-17;3-1(4)2(5)6/h1,3-5,8-9,18H,2,6-7,10-13H2,(H,19,20,21);(H,3,4)(H,5,6). The van der Waals surface area contributed by atoms with Crippen LogP contribution in [0, 0.1) is 0 Å². The molecule has 0 radical (unpaired) electrons. The highest BCUT2D eigenvalue weighted by Crippen LogP contribution is 2.38. The molecule has 0 unspecified atom stereocenters. The number of carbonyl (C=O) groups is 2. The Morgan fingerprint density at radius 3 is 2.47 bits per heavy atom. The van der Waals surface area contributed by atoms with E-state index in [1.165, 1.54) is 0 Å². The molecule has 1 aromatic heterocycles. The molecule has 1 aliphatic rings. The van der Waals surface area contributed by atoms with Crippen molar-refractivity contribution in [2.75, 3.05) is 44.8 Å². The number of nitrogens with zero attached hydrogens (tertiary/aromatic N) is 2. The van der Waals surface area contributed by atoms with E-state index in [1.54, 1.807) is 18.5 Å². The summed E-state index contributed by atoms with van der Waals surface area (Å²) >= 11 is 0. The van der Waals surface area contributed by atoms with E-state index in [2.05, 4.69) is 20.6 Å². The summed E-state index contributed by atoms with van der Waals surface area (Å²) in [6, 6.07) is 7.50. The van der Waals surface area contributed by atoms with Gasteiger partial charge >= 0.3 is 11.9 Å². The Hall–Kier alpha value is -3.60. The Morgan fingerprint density at radius 2 is 1.73 bits per heavy atom. The van der Waals surface area contributed by atoms with Crippen molar-refractivity contribution in [1.82, 2.24) is 15.3 Å². The van der Waals surface area contributed by atoms with Crippen LogP contribution in [0.1, 0.15) is 6.42 Å². The van der Waals surface area contributed by atoms with Crippen LogP contribution in [-0.4, -0.2) is 71.6 Å². The van der Waals surface area contributed by atoms with E-state index in [9.17, 15) is 0 Å². The second-order valence-corrected chi connectivity index (χ2v) is 5.84. The molecule has 0 saturated heterocycles. The molecule has 30 heavy (non-hydrogen) atoms. The van der Waals surface area contributed by atoms with Crippen LogP contribution in [0.3, 0.4) is 0 Å². The van der Waals surface area contributed by atoms with Gasteiger partial charge in [0, 0.05) is 25.5 Å². The maximum absolute atomic E-state index is 9.10. The highest BCUT2D eigenvalue weighted by Gasteiger charge is 2.16. The summed E-state index contributed by atoms with van der Waals surface area (Å²) in [5, 5.41) is 21.3. The molecule has 0 amide bonds. The summed E-state index contributed by atoms with van der Waals surface area (Å²) in [5.41, 5.74) is 0. The van der Waals surface area contributed by atoms with Crippen molar-refractivity contribution < 1.29 is 34.0 Å². The van der Waals surface area contributed by atoms with Crippen molar-refractivity contribution in [3.05, 3.63) is 36.7 Å². The molecular weight excluding hydrogens is 396 g/mol. The van der Waals surface area contributed by atoms with Crippen molar-refractivity contribution >= 4 is 17.9 Å². The van der Waals surface area contributed by atoms with Crippen LogP contribution in [-0.2, 0) is 9.59 Å². The molecule has 1 aliphatic heterocycles. The van der Waals surface area contributed by atoms with Crippen LogP contribution in [0.5, 0.6) is 17.2 Å². The van der Waals surface area contributed by atoms with Crippen molar-refractivity contribution in [3.63, 3.8) is 0 Å². The highest BCUT2D eigenvalue weighted by atomic mass is 16.6. The maximum atomic E-state index is 9.10. The van der Waals surface area contributed by atoms with Crippen molar-refractivity contribution in [2.45, 2.75) is 6.42 Å². The van der Waals surface area contributed by atoms with E-state index in [0.717, 1.165) is 37.6 Å². The van der Waals surface area contributed by atoms with E-state index in [1.807, 2.05) is 18.2 Å². The molecule has 0 spiro atoms. The number of rotatable bonds is 9. The lowest BCUT2D eigenvalue weighted by Gasteiger charge is -2.20. The van der Waals surface area contributed by atoms with Crippen LogP contribution in [0.15, 0.2) is 36.7 Å². The fourth-order valence-corrected chi connectivity index (χ4v) is 2.32. The zero-order valence-electron chi connectivity index (χ0n) is 16.2. The number of ether oxygens (including phenoxy) is 3. The lowest BCUT2D eigenvalue weighted by Crippen LogP contribution is -2.24. The fourth-order valence-electron chi connectivity index (χ4n) is 2.32. The molecule has 0 saturated carbocycles. The average Bonchev–Trinajstić information content (AvgIpc) is 2.77. The minimum absolute atomic E-state index is 0.559. The number of aliphatic carboxylic acids is 2. The smallest absolute Gasteiger partial charge is 0.414 e. The second-order valence-electron chi connectivity index (χ2n) is 5.84. The SMILES string of the molecule is O=C(O)C(=O)O.c1cnc(NCCCNCCOc2cccc3c2OCCO3)nc1. The third-order valence-corrected chi connectivity index (χ3v) is 3.63. The Morgan fingerprint density at radius 1 is 1.00 bits per heavy atom. The van der Waals surface area contributed by atoms with Crippen LogP contribution >= 0.6 is 0 Å². The summed E-state index contributed by atoms with van der Waals surface area (Å²) in [4.78, 5) is 26.4. The van der Waals surface area contributed by atoms with Gasteiger partial charge in [0.15, 0.2) is 11.5 Å². The molecule has 4 N–H and O–H groups in total. The van der Waals surface area contributed by atoms with E-state index < -0.39 is 11.9 Å². The van der Waals surface area contributed by atoms with Gasteiger partial charge in [-0.3, -0.25) is 0 Å². The van der Waals surface area contributed by atoms with Gasteiger partial charge in [-0.2, -0.15) is 0 Å². The molecule has 3 rings (SSSR count). The predicted octanol–water partition coefficient (Wildman–Crippen LogP) is 0.874. The number of nitrogens with one attached hydrogen (secondary N) is 2.